The second kappa shape index (κ2) is 5.55. The molecule has 1 fully saturated rings. The third kappa shape index (κ3) is 2.75. The average Bonchev–Trinajstić information content (AvgIpc) is 3.15. The Morgan fingerprint density at radius 3 is 2.82 bits per heavy atom. The first-order valence-corrected chi connectivity index (χ1v) is 7.48. The van der Waals surface area contributed by atoms with E-state index < -0.39 is 12.2 Å². The number of hydrogen-bond donors (Lipinski definition) is 1. The molecule has 1 aliphatic heterocycles. The third-order valence-corrected chi connectivity index (χ3v) is 3.82. The van der Waals surface area contributed by atoms with Crippen molar-refractivity contribution in [1.29, 1.82) is 0 Å². The monoisotopic (exact) mass is 305 g/mol. The van der Waals surface area contributed by atoms with Crippen LogP contribution in [0, 0.1) is 0 Å². The highest BCUT2D eigenvalue weighted by atomic mass is 19.1. The van der Waals surface area contributed by atoms with Gasteiger partial charge in [-0.25, -0.2) is 13.9 Å². The van der Waals surface area contributed by atoms with E-state index in [1.807, 2.05) is 6.07 Å². The number of amides is 1. The molecule has 22 heavy (non-hydrogen) atoms. The molecule has 0 atom stereocenters. The van der Waals surface area contributed by atoms with Crippen LogP contribution in [0.2, 0.25) is 0 Å². The maximum atomic E-state index is 12.9. The molecule has 0 unspecified atom stereocenters. The molecule has 118 valence electrons. The molecule has 1 aliphatic rings. The maximum Gasteiger partial charge on any atom is 0.257 e. The molecule has 1 N–H and O–H groups in total. The van der Waals surface area contributed by atoms with Crippen molar-refractivity contribution in [3.63, 3.8) is 0 Å². The van der Waals surface area contributed by atoms with Gasteiger partial charge in [0.25, 0.3) is 5.91 Å². The van der Waals surface area contributed by atoms with Crippen LogP contribution in [0.15, 0.2) is 18.5 Å². The van der Waals surface area contributed by atoms with Gasteiger partial charge in [0.05, 0.1) is 11.7 Å². The molecule has 0 radical (unpaired) electrons. The second-order valence-electron chi connectivity index (χ2n) is 6.28. The van der Waals surface area contributed by atoms with Crippen LogP contribution in [0.25, 0.3) is 5.65 Å². The number of hydrogen-bond acceptors (Lipinski definition) is 4. The minimum Gasteiger partial charge on any atom is -0.357 e. The van der Waals surface area contributed by atoms with E-state index in [0.29, 0.717) is 11.2 Å². The lowest BCUT2D eigenvalue weighted by molar-refractivity contribution is 0.0901. The number of rotatable bonds is 4. The van der Waals surface area contributed by atoms with E-state index in [0.717, 1.165) is 31.7 Å². The number of anilines is 1. The molecule has 3 rings (SSSR count). The number of nitrogens with one attached hydrogen (secondary N) is 1. The van der Waals surface area contributed by atoms with Gasteiger partial charge in [-0.3, -0.25) is 4.79 Å². The van der Waals surface area contributed by atoms with Gasteiger partial charge in [-0.05, 0) is 32.8 Å². The highest BCUT2D eigenvalue weighted by molar-refractivity contribution is 6.00. The van der Waals surface area contributed by atoms with E-state index >= 15 is 0 Å². The van der Waals surface area contributed by atoms with Gasteiger partial charge in [0.1, 0.15) is 18.1 Å². The highest BCUT2D eigenvalue weighted by Gasteiger charge is 2.24. The summed E-state index contributed by atoms with van der Waals surface area (Å²) in [6, 6.07) is 1.90. The average molecular weight is 305 g/mol. The number of fused-ring (bicyclic) bond motifs is 1. The van der Waals surface area contributed by atoms with Crippen LogP contribution in [0.5, 0.6) is 0 Å². The Hall–Kier alpha value is -2.18. The zero-order valence-electron chi connectivity index (χ0n) is 12.8. The first-order valence-electron chi connectivity index (χ1n) is 7.48. The predicted molar refractivity (Wildman–Crippen MR) is 82.0 cm³/mol. The molecular weight excluding hydrogens is 285 g/mol. The largest absolute Gasteiger partial charge is 0.357 e. The van der Waals surface area contributed by atoms with Crippen molar-refractivity contribution in [2.45, 2.75) is 32.2 Å². The third-order valence-electron chi connectivity index (χ3n) is 3.82. The van der Waals surface area contributed by atoms with Crippen molar-refractivity contribution in [2.24, 2.45) is 0 Å². The van der Waals surface area contributed by atoms with Crippen LogP contribution in [-0.2, 0) is 0 Å². The Morgan fingerprint density at radius 1 is 1.41 bits per heavy atom. The molecule has 0 saturated carbocycles. The number of carbonyl (C=O) groups excluding carboxylic acids is 1. The van der Waals surface area contributed by atoms with E-state index in [2.05, 4.69) is 20.3 Å². The van der Waals surface area contributed by atoms with Crippen molar-refractivity contribution < 1.29 is 9.18 Å². The molecule has 7 heteroatoms. The van der Waals surface area contributed by atoms with E-state index in [-0.39, 0.29) is 5.91 Å². The second-order valence-corrected chi connectivity index (χ2v) is 6.28. The van der Waals surface area contributed by atoms with Crippen molar-refractivity contribution in [2.75, 3.05) is 24.7 Å². The van der Waals surface area contributed by atoms with Crippen LogP contribution in [-0.4, -0.2) is 45.8 Å². The number of nitrogens with zero attached hydrogens (tertiary/aromatic N) is 4. The van der Waals surface area contributed by atoms with Gasteiger partial charge >= 0.3 is 0 Å². The molecule has 1 amide bonds. The predicted octanol–water partition coefficient (Wildman–Crippen LogP) is 1.81. The summed E-state index contributed by atoms with van der Waals surface area (Å²) in [6.45, 7) is 4.60. The zero-order valence-corrected chi connectivity index (χ0v) is 12.8. The summed E-state index contributed by atoms with van der Waals surface area (Å²) in [5, 5.41) is 6.81. The summed E-state index contributed by atoms with van der Waals surface area (Å²) in [7, 11) is 0. The summed E-state index contributed by atoms with van der Waals surface area (Å²) in [5.41, 5.74) is -0.0445. The summed E-state index contributed by atoms with van der Waals surface area (Å²) >= 11 is 0. The smallest absolute Gasteiger partial charge is 0.257 e. The summed E-state index contributed by atoms with van der Waals surface area (Å²) < 4.78 is 14.5. The summed E-state index contributed by atoms with van der Waals surface area (Å²) in [5.74, 6) is 0.494. The van der Waals surface area contributed by atoms with Crippen molar-refractivity contribution in [3.8, 4) is 0 Å². The minimum absolute atomic E-state index is 0.358. The van der Waals surface area contributed by atoms with Crippen molar-refractivity contribution in [3.05, 3.63) is 24.0 Å². The number of carbonyl (C=O) groups is 1. The fourth-order valence-electron chi connectivity index (χ4n) is 2.55. The first kappa shape index (κ1) is 14.7. The van der Waals surface area contributed by atoms with E-state index in [1.165, 1.54) is 6.20 Å². The zero-order chi connectivity index (χ0) is 15.7. The van der Waals surface area contributed by atoms with Crippen LogP contribution >= 0.6 is 0 Å². The van der Waals surface area contributed by atoms with Crippen LogP contribution < -0.4 is 10.2 Å². The van der Waals surface area contributed by atoms with Crippen molar-refractivity contribution in [1.82, 2.24) is 19.9 Å². The SMILES string of the molecule is CC(C)(CF)NC(=O)c1cnn2ccc(N3CCCC3)nc12. The molecule has 3 heterocycles. The van der Waals surface area contributed by atoms with Gasteiger partial charge in [-0.2, -0.15) is 5.10 Å². The Morgan fingerprint density at radius 2 is 2.14 bits per heavy atom. The lowest BCUT2D eigenvalue weighted by Crippen LogP contribution is -2.45. The fraction of sp³-hybridized carbons (Fsp3) is 0.533. The Bertz CT molecular complexity index is 690. The normalized spacial score (nSPS) is 15.5. The van der Waals surface area contributed by atoms with Crippen molar-refractivity contribution >= 4 is 17.4 Å². The minimum atomic E-state index is -0.905. The van der Waals surface area contributed by atoms with Gasteiger partial charge in [0.15, 0.2) is 5.65 Å². The molecule has 2 aromatic rings. The molecule has 2 aromatic heterocycles. The molecule has 6 nitrogen and oxygen atoms in total. The molecule has 1 saturated heterocycles. The van der Waals surface area contributed by atoms with Crippen LogP contribution in [0.3, 0.4) is 0 Å². The molecular formula is C15H20FN5O. The van der Waals surface area contributed by atoms with Gasteiger partial charge < -0.3 is 10.2 Å². The van der Waals surface area contributed by atoms with Crippen LogP contribution in [0.4, 0.5) is 10.2 Å². The number of alkyl halides is 1. The van der Waals surface area contributed by atoms with E-state index in [9.17, 15) is 9.18 Å². The maximum absolute atomic E-state index is 12.9. The molecule has 0 aliphatic carbocycles. The van der Waals surface area contributed by atoms with Gasteiger partial charge in [-0.15, -0.1) is 0 Å². The topological polar surface area (TPSA) is 62.5 Å². The Kier molecular flexibility index (Phi) is 3.72. The van der Waals surface area contributed by atoms with Gasteiger partial charge in [0, 0.05) is 19.3 Å². The fourth-order valence-corrected chi connectivity index (χ4v) is 2.55. The number of halogens is 1. The molecule has 0 aromatic carbocycles. The standard InChI is InChI=1S/C15H20FN5O/c1-15(2,10-16)19-14(22)11-9-17-21-8-5-12(18-13(11)21)20-6-3-4-7-20/h5,8-9H,3-4,6-7,10H2,1-2H3,(H,19,22). The quantitative estimate of drug-likeness (QED) is 0.936. The van der Waals surface area contributed by atoms with E-state index in [4.69, 9.17) is 0 Å². The summed E-state index contributed by atoms with van der Waals surface area (Å²) in [6.07, 6.45) is 5.58. The molecule has 0 spiro atoms. The molecule has 0 bridgehead atoms. The first-order chi connectivity index (χ1) is 10.5. The lowest BCUT2D eigenvalue weighted by atomic mass is 10.1. The van der Waals surface area contributed by atoms with Gasteiger partial charge in [-0.1, -0.05) is 0 Å². The van der Waals surface area contributed by atoms with E-state index in [1.54, 1.807) is 24.6 Å². The highest BCUT2D eigenvalue weighted by Crippen LogP contribution is 2.20. The van der Waals surface area contributed by atoms with Gasteiger partial charge in [0.2, 0.25) is 0 Å². The Labute approximate surface area is 128 Å². The summed E-state index contributed by atoms with van der Waals surface area (Å²) in [4.78, 5) is 19.1. The van der Waals surface area contributed by atoms with Crippen LogP contribution in [0.1, 0.15) is 37.0 Å². The number of aromatic nitrogens is 3. The lowest BCUT2D eigenvalue weighted by Gasteiger charge is -2.22. The Balaban J connectivity index is 1.92.